The molecule has 0 atom stereocenters. The summed E-state index contributed by atoms with van der Waals surface area (Å²) in [6.45, 7) is 0. The fraction of sp³-hybridized carbons (Fsp3) is 0. The maximum atomic E-state index is 0. The van der Waals surface area contributed by atoms with Crippen LogP contribution in [0.25, 0.3) is 0 Å². The molecule has 0 rings (SSSR count). The minimum atomic E-state index is 0. The van der Waals surface area contributed by atoms with Crippen LogP contribution in [0.15, 0.2) is 0 Å². The van der Waals surface area contributed by atoms with Crippen LogP contribution >= 0.6 is 0 Å². The predicted molar refractivity (Wildman–Crippen MR) is 34.0 cm³/mol. The first-order chi connectivity index (χ1) is 0. The third-order valence-electron chi connectivity index (χ3n) is 0. The zero-order valence-electron chi connectivity index (χ0n) is 1.21. The van der Waals surface area contributed by atoms with E-state index in [0.29, 0.717) is 0 Å². The molecule has 0 nitrogen and oxygen atoms in total. The van der Waals surface area contributed by atoms with Gasteiger partial charge in [0.15, 0.2) is 0 Å². The summed E-state index contributed by atoms with van der Waals surface area (Å²) in [5.74, 6) is 0. The fourth-order valence-electron chi connectivity index (χ4n) is 0. The topological polar surface area (TPSA) is 0 Å². The maximum absolute atomic E-state index is 0. The number of hydrogen-bond donors (Lipinski definition) is 0. The van der Waals surface area contributed by atoms with Gasteiger partial charge in [-0.3, -0.25) is 0 Å². The minimum Gasteiger partial charge on any atom is 2.00 e. The van der Waals surface area contributed by atoms with Crippen molar-refractivity contribution in [3.05, 3.63) is 0 Å². The van der Waals surface area contributed by atoms with E-state index >= 15 is 0 Å². The third-order valence-corrected chi connectivity index (χ3v) is 0. The molecule has 0 aromatic carbocycles. The first-order valence-electron chi connectivity index (χ1n) is 0. The standard InChI is InChI=1S/2Sb.Sn.Zn.12H/q2*-3;+4;+2;;;;;;;;;;;;. The van der Waals surface area contributed by atoms with Crippen LogP contribution in [0.4, 0.5) is 0 Å². The SMILES string of the molecule is [SbH6-3].[SbH6-3].[Sn+4].[Zn+2]. The van der Waals surface area contributed by atoms with E-state index in [2.05, 4.69) is 0 Å². The van der Waals surface area contributed by atoms with E-state index in [1.165, 1.54) is 0 Å². The van der Waals surface area contributed by atoms with Gasteiger partial charge in [0.05, 0.1) is 0 Å². The zero-order chi connectivity index (χ0) is 0. The van der Waals surface area contributed by atoms with E-state index in [4.69, 9.17) is 0 Å². The molecular formula is H12Sb2SnZn. The van der Waals surface area contributed by atoms with Gasteiger partial charge in [-0.1, -0.05) is 0 Å². The summed E-state index contributed by atoms with van der Waals surface area (Å²) in [7, 11) is 0. The van der Waals surface area contributed by atoms with Gasteiger partial charge < -0.3 is 0 Å². The molecule has 0 aromatic rings. The molecule has 28 valence electrons. The van der Waals surface area contributed by atoms with E-state index in [9.17, 15) is 0 Å². The third kappa shape index (κ3) is 8.91. The summed E-state index contributed by atoms with van der Waals surface area (Å²) in [6.07, 6.45) is 0. The zero-order valence-corrected chi connectivity index (χ0v) is 7.03. The summed E-state index contributed by atoms with van der Waals surface area (Å²) in [6, 6.07) is 0. The van der Waals surface area contributed by atoms with Crippen molar-refractivity contribution in [2.75, 3.05) is 0 Å². The van der Waals surface area contributed by atoms with Gasteiger partial charge in [-0.05, 0) is 0 Å². The van der Waals surface area contributed by atoms with Gasteiger partial charge in [0.2, 0.25) is 0 Å². The molecule has 4 heavy (non-hydrogen) atoms. The molecule has 0 amide bonds. The van der Waals surface area contributed by atoms with Crippen molar-refractivity contribution in [1.29, 1.82) is 0 Å². The van der Waals surface area contributed by atoms with E-state index < -0.39 is 0 Å². The van der Waals surface area contributed by atoms with Crippen molar-refractivity contribution in [3.8, 4) is 0 Å². The Morgan fingerprint density at radius 3 is 0.750 bits per heavy atom. The molecule has 0 fully saturated rings. The first-order valence-corrected chi connectivity index (χ1v) is 0. The van der Waals surface area contributed by atoms with Crippen molar-refractivity contribution in [3.63, 3.8) is 0 Å². The molecule has 0 saturated heterocycles. The van der Waals surface area contributed by atoms with Crippen molar-refractivity contribution < 1.29 is 19.5 Å². The molecule has 0 bridgehead atoms. The molecule has 4 heteroatoms. The monoisotopic (exact) mass is 438 g/mol. The van der Waals surface area contributed by atoms with Crippen LogP contribution in [-0.2, 0) is 19.5 Å². The quantitative estimate of drug-likeness (QED) is 0.335. The molecule has 0 saturated carbocycles. The summed E-state index contributed by atoms with van der Waals surface area (Å²) in [5.41, 5.74) is 0. The maximum Gasteiger partial charge on any atom is 4.00 e. The van der Waals surface area contributed by atoms with Crippen LogP contribution in [-0.4, -0.2) is 72.8 Å². The summed E-state index contributed by atoms with van der Waals surface area (Å²) >= 11 is 0. The Morgan fingerprint density at radius 1 is 0.750 bits per heavy atom. The van der Waals surface area contributed by atoms with Crippen molar-refractivity contribution in [2.24, 2.45) is 0 Å². The molecule has 0 aliphatic heterocycles. The fourth-order valence-corrected chi connectivity index (χ4v) is 0. The van der Waals surface area contributed by atoms with Gasteiger partial charge in [-0.25, -0.2) is 0 Å². The largest absolute Gasteiger partial charge is 4.00 e. The Morgan fingerprint density at radius 2 is 0.750 bits per heavy atom. The van der Waals surface area contributed by atoms with Gasteiger partial charge in [-0.15, -0.1) is 0 Å². The van der Waals surface area contributed by atoms with Crippen LogP contribution in [0, 0.1) is 0 Å². The van der Waals surface area contributed by atoms with Crippen LogP contribution in [0.3, 0.4) is 0 Å². The smallest absolute Gasteiger partial charge is 2.00 e. The number of rotatable bonds is 0. The number of hydrogen-bond acceptors (Lipinski definition) is 0. The van der Waals surface area contributed by atoms with Gasteiger partial charge >= 0.3 is 92.2 Å². The Balaban J connectivity index is 0. The van der Waals surface area contributed by atoms with Crippen molar-refractivity contribution >= 4 is 72.8 Å². The van der Waals surface area contributed by atoms with Crippen LogP contribution in [0.2, 0.25) is 0 Å². The van der Waals surface area contributed by atoms with Crippen molar-refractivity contribution in [2.45, 2.75) is 0 Å². The average Bonchev–Trinajstić information content (AvgIpc) is 0. The Hall–Kier alpha value is 3.06. The molecule has 0 radical (unpaired) electrons. The van der Waals surface area contributed by atoms with Crippen LogP contribution in [0.1, 0.15) is 0 Å². The Kier molecular flexibility index (Phi) is 115. The van der Waals surface area contributed by atoms with E-state index in [1.54, 1.807) is 0 Å². The average molecular weight is 440 g/mol. The molecular weight excluding hydrogens is 428 g/mol. The van der Waals surface area contributed by atoms with Crippen LogP contribution < -0.4 is 0 Å². The Labute approximate surface area is 90.5 Å². The molecule has 0 N–H and O–H groups in total. The van der Waals surface area contributed by atoms with Gasteiger partial charge in [0, 0.05) is 0 Å². The molecule has 0 aliphatic carbocycles. The molecule has 0 aromatic heterocycles. The normalized spacial score (nSPS) is 0. The second-order valence-electron chi connectivity index (χ2n) is 0. The van der Waals surface area contributed by atoms with Gasteiger partial charge in [0.1, 0.15) is 0 Å². The van der Waals surface area contributed by atoms with E-state index in [1.807, 2.05) is 0 Å². The molecule has 0 unspecified atom stereocenters. The second-order valence-corrected chi connectivity index (χ2v) is 0. The van der Waals surface area contributed by atoms with Gasteiger partial charge in [-0.2, -0.15) is 0 Å². The molecule has 0 aliphatic rings. The first kappa shape index (κ1) is 27.7. The van der Waals surface area contributed by atoms with E-state index in [-0.39, 0.29) is 92.2 Å². The van der Waals surface area contributed by atoms with E-state index in [0.717, 1.165) is 0 Å². The van der Waals surface area contributed by atoms with Crippen LogP contribution in [0.5, 0.6) is 0 Å². The summed E-state index contributed by atoms with van der Waals surface area (Å²) in [4.78, 5) is 0. The summed E-state index contributed by atoms with van der Waals surface area (Å²) in [5, 5.41) is 0. The van der Waals surface area contributed by atoms with Gasteiger partial charge in [0.25, 0.3) is 0 Å². The minimum absolute atomic E-state index is 0. The molecule has 0 spiro atoms. The van der Waals surface area contributed by atoms with Crippen molar-refractivity contribution in [1.82, 2.24) is 0 Å². The summed E-state index contributed by atoms with van der Waals surface area (Å²) < 4.78 is 0. The Bertz CT molecular complexity index is 6.00. The second kappa shape index (κ2) is 16.6. The predicted octanol–water partition coefficient (Wildman–Crippen LogP) is -4.36. The molecule has 0 heterocycles.